The Bertz CT molecular complexity index is 383. The van der Waals surface area contributed by atoms with Crippen molar-refractivity contribution in [2.24, 2.45) is 0 Å². The average Bonchev–Trinajstić information content (AvgIpc) is 2.75. The molecular weight excluding hydrogens is 224 g/mol. The summed E-state index contributed by atoms with van der Waals surface area (Å²) in [7, 11) is 0. The zero-order chi connectivity index (χ0) is 11.6. The average molecular weight is 240 g/mol. The van der Waals surface area contributed by atoms with E-state index in [2.05, 4.69) is 17.2 Å². The van der Waals surface area contributed by atoms with E-state index in [-0.39, 0.29) is 12.0 Å². The third-order valence-electron chi connectivity index (χ3n) is 3.00. The number of nitrogens with one attached hydrogen (secondary N) is 1. The molecule has 0 unspecified atom stereocenters. The van der Waals surface area contributed by atoms with Crippen LogP contribution in [0.3, 0.4) is 0 Å². The molecular formula is C11H16N2O2S. The van der Waals surface area contributed by atoms with Crippen LogP contribution in [0.2, 0.25) is 0 Å². The van der Waals surface area contributed by atoms with Crippen LogP contribution in [-0.2, 0) is 11.2 Å². The summed E-state index contributed by atoms with van der Waals surface area (Å²) in [5, 5.41) is 14.7. The molecule has 0 saturated heterocycles. The smallest absolute Gasteiger partial charge is 0.309 e. The summed E-state index contributed by atoms with van der Waals surface area (Å²) >= 11 is 1.49. The van der Waals surface area contributed by atoms with Gasteiger partial charge in [-0.05, 0) is 19.8 Å². The van der Waals surface area contributed by atoms with Crippen molar-refractivity contribution >= 4 is 22.4 Å². The molecule has 1 aromatic rings. The van der Waals surface area contributed by atoms with Gasteiger partial charge in [0.05, 0.1) is 12.1 Å². The van der Waals surface area contributed by atoms with Crippen molar-refractivity contribution in [3.63, 3.8) is 0 Å². The van der Waals surface area contributed by atoms with Crippen molar-refractivity contribution in [3.8, 4) is 0 Å². The third-order valence-corrected chi connectivity index (χ3v) is 3.81. The van der Waals surface area contributed by atoms with Gasteiger partial charge in [0, 0.05) is 10.9 Å². The van der Waals surface area contributed by atoms with Crippen LogP contribution in [0.5, 0.6) is 0 Å². The second-order valence-corrected chi connectivity index (χ2v) is 5.47. The minimum Gasteiger partial charge on any atom is -0.481 e. The molecule has 1 aliphatic rings. The lowest BCUT2D eigenvalue weighted by Crippen LogP contribution is -2.30. The summed E-state index contributed by atoms with van der Waals surface area (Å²) in [5.41, 5.74) is 0.792. The van der Waals surface area contributed by atoms with Gasteiger partial charge in [0.15, 0.2) is 5.13 Å². The molecule has 0 atom stereocenters. The minimum atomic E-state index is -0.830. The number of anilines is 1. The highest BCUT2D eigenvalue weighted by molar-refractivity contribution is 7.13. The highest BCUT2D eigenvalue weighted by atomic mass is 32.1. The fourth-order valence-corrected chi connectivity index (χ4v) is 3.00. The van der Waals surface area contributed by atoms with Crippen LogP contribution in [0.1, 0.15) is 38.3 Å². The standard InChI is InChI=1S/C11H16N2O2S/c1-11(4-2-3-5-11)13-10-12-8(7-16-10)6-9(14)15/h7H,2-6H2,1H3,(H,12,13)(H,14,15). The molecule has 0 bridgehead atoms. The fourth-order valence-electron chi connectivity index (χ4n) is 2.14. The van der Waals surface area contributed by atoms with Crippen molar-refractivity contribution in [2.75, 3.05) is 5.32 Å². The Kier molecular flexibility index (Phi) is 3.14. The van der Waals surface area contributed by atoms with E-state index in [1.165, 1.54) is 37.0 Å². The van der Waals surface area contributed by atoms with E-state index in [9.17, 15) is 4.79 Å². The lowest BCUT2D eigenvalue weighted by molar-refractivity contribution is -0.136. The number of carboxylic acid groups (broad SMARTS) is 1. The normalized spacial score (nSPS) is 18.6. The molecule has 1 saturated carbocycles. The maximum Gasteiger partial charge on any atom is 0.309 e. The van der Waals surface area contributed by atoms with Crippen LogP contribution < -0.4 is 5.32 Å². The van der Waals surface area contributed by atoms with Crippen molar-refractivity contribution in [2.45, 2.75) is 44.6 Å². The van der Waals surface area contributed by atoms with Crippen LogP contribution in [0.4, 0.5) is 5.13 Å². The number of carbonyl (C=O) groups is 1. The van der Waals surface area contributed by atoms with Gasteiger partial charge < -0.3 is 10.4 Å². The summed E-state index contributed by atoms with van der Waals surface area (Å²) in [6.07, 6.45) is 4.87. The quantitative estimate of drug-likeness (QED) is 0.849. The Hall–Kier alpha value is -1.10. The van der Waals surface area contributed by atoms with Gasteiger partial charge in [-0.1, -0.05) is 12.8 Å². The zero-order valence-corrected chi connectivity index (χ0v) is 10.1. The monoisotopic (exact) mass is 240 g/mol. The molecule has 0 radical (unpaired) electrons. The zero-order valence-electron chi connectivity index (χ0n) is 9.32. The minimum absolute atomic E-state index is 0.00882. The van der Waals surface area contributed by atoms with Crippen LogP contribution in [-0.4, -0.2) is 21.6 Å². The number of hydrogen-bond acceptors (Lipinski definition) is 4. The molecule has 2 rings (SSSR count). The lowest BCUT2D eigenvalue weighted by Gasteiger charge is -2.24. The molecule has 0 aromatic carbocycles. The predicted octanol–water partition coefficient (Wildman–Crippen LogP) is 2.51. The molecule has 1 aromatic heterocycles. The second-order valence-electron chi connectivity index (χ2n) is 4.61. The number of aliphatic carboxylic acids is 1. The van der Waals surface area contributed by atoms with Crippen LogP contribution in [0.15, 0.2) is 5.38 Å². The molecule has 0 spiro atoms. The first-order valence-electron chi connectivity index (χ1n) is 5.52. The van der Waals surface area contributed by atoms with Gasteiger partial charge in [-0.15, -0.1) is 11.3 Å². The van der Waals surface area contributed by atoms with Gasteiger partial charge in [-0.25, -0.2) is 4.98 Å². The molecule has 1 heterocycles. The first-order valence-corrected chi connectivity index (χ1v) is 6.40. The summed E-state index contributed by atoms with van der Waals surface area (Å²) in [4.78, 5) is 14.8. The summed E-state index contributed by atoms with van der Waals surface area (Å²) in [5.74, 6) is -0.830. The summed E-state index contributed by atoms with van der Waals surface area (Å²) < 4.78 is 0. The Morgan fingerprint density at radius 3 is 2.94 bits per heavy atom. The van der Waals surface area contributed by atoms with Crippen molar-refractivity contribution < 1.29 is 9.90 Å². The van der Waals surface area contributed by atoms with Gasteiger partial charge in [0.1, 0.15) is 0 Å². The fraction of sp³-hybridized carbons (Fsp3) is 0.636. The van der Waals surface area contributed by atoms with Gasteiger partial charge in [-0.3, -0.25) is 4.79 Å². The van der Waals surface area contributed by atoms with Crippen molar-refractivity contribution in [1.29, 1.82) is 0 Å². The third kappa shape index (κ3) is 2.72. The maximum absolute atomic E-state index is 10.5. The number of nitrogens with zero attached hydrogens (tertiary/aromatic N) is 1. The highest BCUT2D eigenvalue weighted by Gasteiger charge is 2.29. The lowest BCUT2D eigenvalue weighted by atomic mass is 10.0. The maximum atomic E-state index is 10.5. The second kappa shape index (κ2) is 4.41. The number of hydrogen-bond donors (Lipinski definition) is 2. The van der Waals surface area contributed by atoms with Gasteiger partial charge in [0.2, 0.25) is 0 Å². The van der Waals surface area contributed by atoms with Crippen molar-refractivity contribution in [1.82, 2.24) is 4.98 Å². The number of rotatable bonds is 4. The van der Waals surface area contributed by atoms with Gasteiger partial charge in [-0.2, -0.15) is 0 Å². The highest BCUT2D eigenvalue weighted by Crippen LogP contribution is 2.33. The topological polar surface area (TPSA) is 62.2 Å². The van der Waals surface area contributed by atoms with Crippen molar-refractivity contribution in [3.05, 3.63) is 11.1 Å². The van der Waals surface area contributed by atoms with Crippen LogP contribution in [0, 0.1) is 0 Å². The molecule has 88 valence electrons. The van der Waals surface area contributed by atoms with E-state index in [0.717, 1.165) is 5.13 Å². The summed E-state index contributed by atoms with van der Waals surface area (Å²) in [6, 6.07) is 0. The molecule has 0 aliphatic heterocycles. The molecule has 5 heteroatoms. The largest absolute Gasteiger partial charge is 0.481 e. The molecule has 0 amide bonds. The number of thiazole rings is 1. The van der Waals surface area contributed by atoms with E-state index in [4.69, 9.17) is 5.11 Å². The molecule has 16 heavy (non-hydrogen) atoms. The van der Waals surface area contributed by atoms with Crippen LogP contribution in [0.25, 0.3) is 0 Å². The molecule has 2 N–H and O–H groups in total. The van der Waals surface area contributed by atoms with Gasteiger partial charge >= 0.3 is 5.97 Å². The van der Waals surface area contributed by atoms with E-state index in [1.54, 1.807) is 0 Å². The van der Waals surface area contributed by atoms with Gasteiger partial charge in [0.25, 0.3) is 0 Å². The van der Waals surface area contributed by atoms with E-state index in [0.29, 0.717) is 5.69 Å². The Balaban J connectivity index is 1.99. The van der Waals surface area contributed by atoms with Crippen LogP contribution >= 0.6 is 11.3 Å². The SMILES string of the molecule is CC1(Nc2nc(CC(=O)O)cs2)CCCC1. The first-order chi connectivity index (χ1) is 7.57. The number of carboxylic acids is 1. The molecule has 1 fully saturated rings. The predicted molar refractivity (Wildman–Crippen MR) is 63.9 cm³/mol. The number of aromatic nitrogens is 1. The van der Waals surface area contributed by atoms with E-state index < -0.39 is 5.97 Å². The Morgan fingerprint density at radius 1 is 1.62 bits per heavy atom. The summed E-state index contributed by atoms with van der Waals surface area (Å²) in [6.45, 7) is 2.21. The first kappa shape index (κ1) is 11.4. The Morgan fingerprint density at radius 2 is 2.31 bits per heavy atom. The molecule has 1 aliphatic carbocycles. The van der Waals surface area contributed by atoms with E-state index in [1.807, 2.05) is 5.38 Å². The van der Waals surface area contributed by atoms with E-state index >= 15 is 0 Å². The Labute approximate surface area is 98.7 Å². The molecule has 4 nitrogen and oxygen atoms in total.